The van der Waals surface area contributed by atoms with Crippen molar-refractivity contribution in [1.29, 1.82) is 0 Å². The Morgan fingerprint density at radius 1 is 1.33 bits per heavy atom. The molecule has 7 heteroatoms. The van der Waals surface area contributed by atoms with Crippen molar-refractivity contribution in [1.82, 2.24) is 9.97 Å². The van der Waals surface area contributed by atoms with Gasteiger partial charge in [-0.15, -0.1) is 11.3 Å². The molecular formula is C11H6N2O3S2. The molecule has 0 fully saturated rings. The summed E-state index contributed by atoms with van der Waals surface area (Å²) in [6.45, 7) is 0. The molecule has 0 aromatic carbocycles. The Labute approximate surface area is 109 Å². The van der Waals surface area contributed by atoms with Crippen molar-refractivity contribution in [2.45, 2.75) is 10.1 Å². The summed E-state index contributed by atoms with van der Waals surface area (Å²) in [6, 6.07) is 4.96. The number of fused-ring (bicyclic) bond motifs is 1. The molecule has 3 heterocycles. The van der Waals surface area contributed by atoms with Gasteiger partial charge in [-0.3, -0.25) is 0 Å². The molecule has 0 atom stereocenters. The summed E-state index contributed by atoms with van der Waals surface area (Å²) in [5, 5.41) is 12.0. The molecule has 0 amide bonds. The van der Waals surface area contributed by atoms with E-state index in [2.05, 4.69) is 9.97 Å². The molecule has 3 rings (SSSR count). The van der Waals surface area contributed by atoms with Gasteiger partial charge in [-0.25, -0.2) is 14.8 Å². The molecule has 1 N–H and O–H groups in total. The average Bonchev–Trinajstić information content (AvgIpc) is 2.97. The van der Waals surface area contributed by atoms with Gasteiger partial charge in [0.25, 0.3) is 0 Å². The highest BCUT2D eigenvalue weighted by Crippen LogP contribution is 2.34. The maximum Gasteiger partial charge on any atom is 0.371 e. The third-order valence-electron chi connectivity index (χ3n) is 2.20. The fourth-order valence-electron chi connectivity index (χ4n) is 1.42. The van der Waals surface area contributed by atoms with Crippen LogP contribution < -0.4 is 0 Å². The molecule has 0 unspecified atom stereocenters. The van der Waals surface area contributed by atoms with Crippen molar-refractivity contribution in [3.05, 3.63) is 35.7 Å². The number of carboxylic acids is 1. The highest BCUT2D eigenvalue weighted by molar-refractivity contribution is 7.99. The van der Waals surface area contributed by atoms with E-state index in [4.69, 9.17) is 9.52 Å². The van der Waals surface area contributed by atoms with Gasteiger partial charge in [-0.2, -0.15) is 0 Å². The predicted molar refractivity (Wildman–Crippen MR) is 67.2 cm³/mol. The van der Waals surface area contributed by atoms with Crippen LogP contribution in [0.15, 0.2) is 44.4 Å². The molecule has 5 nitrogen and oxygen atoms in total. The fourth-order valence-corrected chi connectivity index (χ4v) is 3.18. The zero-order valence-corrected chi connectivity index (χ0v) is 10.5. The first-order valence-electron chi connectivity index (χ1n) is 4.93. The maximum absolute atomic E-state index is 10.7. The summed E-state index contributed by atoms with van der Waals surface area (Å²) in [5.74, 6) is -1.15. The van der Waals surface area contributed by atoms with Crippen LogP contribution in [0, 0.1) is 0 Å². The zero-order chi connectivity index (χ0) is 12.5. The monoisotopic (exact) mass is 278 g/mol. The smallest absolute Gasteiger partial charge is 0.371 e. The topological polar surface area (TPSA) is 76.2 Å². The minimum absolute atomic E-state index is 0.0750. The van der Waals surface area contributed by atoms with Crippen molar-refractivity contribution in [3.63, 3.8) is 0 Å². The number of hydrogen-bond acceptors (Lipinski definition) is 6. The van der Waals surface area contributed by atoms with E-state index in [0.717, 1.165) is 15.2 Å². The van der Waals surface area contributed by atoms with Crippen LogP contribution in [0.5, 0.6) is 0 Å². The number of nitrogens with zero attached hydrogens (tertiary/aromatic N) is 2. The second kappa shape index (κ2) is 4.43. The molecule has 18 heavy (non-hydrogen) atoms. The summed E-state index contributed by atoms with van der Waals surface area (Å²) in [7, 11) is 0. The van der Waals surface area contributed by atoms with E-state index in [1.165, 1.54) is 24.2 Å². The minimum atomic E-state index is -1.08. The Kier molecular flexibility index (Phi) is 2.77. The third kappa shape index (κ3) is 1.98. The van der Waals surface area contributed by atoms with Crippen LogP contribution >= 0.6 is 23.1 Å². The van der Waals surface area contributed by atoms with Gasteiger partial charge in [0.2, 0.25) is 5.76 Å². The molecule has 3 aromatic heterocycles. The Hall–Kier alpha value is -1.86. The summed E-state index contributed by atoms with van der Waals surface area (Å²) >= 11 is 2.83. The van der Waals surface area contributed by atoms with Crippen LogP contribution in [0.3, 0.4) is 0 Å². The first kappa shape index (κ1) is 11.2. The average molecular weight is 278 g/mol. The second-order valence-electron chi connectivity index (χ2n) is 3.34. The first-order valence-corrected chi connectivity index (χ1v) is 6.63. The van der Waals surface area contributed by atoms with E-state index in [9.17, 15) is 4.79 Å². The van der Waals surface area contributed by atoms with Gasteiger partial charge in [-0.1, -0.05) is 0 Å². The number of rotatable bonds is 3. The number of thiophene rings is 1. The molecule has 3 aromatic rings. The van der Waals surface area contributed by atoms with E-state index in [-0.39, 0.29) is 5.76 Å². The van der Waals surface area contributed by atoms with Gasteiger partial charge in [0.05, 0.1) is 10.2 Å². The molecule has 0 aliphatic heterocycles. The van der Waals surface area contributed by atoms with Crippen LogP contribution in [0.2, 0.25) is 0 Å². The van der Waals surface area contributed by atoms with Crippen LogP contribution in [0.4, 0.5) is 0 Å². The highest BCUT2D eigenvalue weighted by atomic mass is 32.2. The lowest BCUT2D eigenvalue weighted by Gasteiger charge is -1.97. The number of hydrogen-bond donors (Lipinski definition) is 1. The van der Waals surface area contributed by atoms with Crippen LogP contribution in [0.25, 0.3) is 10.2 Å². The molecule has 0 saturated carbocycles. The largest absolute Gasteiger partial charge is 0.475 e. The summed E-state index contributed by atoms with van der Waals surface area (Å²) in [5.41, 5.74) is 0.877. The Balaban J connectivity index is 1.96. The number of furan rings is 1. The van der Waals surface area contributed by atoms with Crippen LogP contribution in [-0.4, -0.2) is 21.0 Å². The Morgan fingerprint density at radius 3 is 3.00 bits per heavy atom. The second-order valence-corrected chi connectivity index (χ2v) is 5.25. The first-order chi connectivity index (χ1) is 8.74. The standard InChI is InChI=1S/C11H6N2O3S2/c14-11(15)7-1-2-8(16-7)18-10-9-6(3-4-17-9)12-5-13-10/h1-5H,(H,14,15). The number of carbonyl (C=O) groups is 1. The Morgan fingerprint density at radius 2 is 2.22 bits per heavy atom. The van der Waals surface area contributed by atoms with Crippen molar-refractivity contribution in [2.75, 3.05) is 0 Å². The lowest BCUT2D eigenvalue weighted by atomic mass is 10.5. The number of aromatic carboxylic acids is 1. The van der Waals surface area contributed by atoms with Gasteiger partial charge < -0.3 is 9.52 Å². The Bertz CT molecular complexity index is 720. The molecule has 0 bridgehead atoms. The molecule has 90 valence electrons. The predicted octanol–water partition coefficient (Wildman–Crippen LogP) is 3.13. The molecule has 0 aliphatic rings. The van der Waals surface area contributed by atoms with E-state index < -0.39 is 5.97 Å². The van der Waals surface area contributed by atoms with E-state index in [1.807, 2.05) is 11.4 Å². The number of carboxylic acid groups (broad SMARTS) is 1. The highest BCUT2D eigenvalue weighted by Gasteiger charge is 2.12. The van der Waals surface area contributed by atoms with Crippen molar-refractivity contribution in [2.24, 2.45) is 0 Å². The lowest BCUT2D eigenvalue weighted by molar-refractivity contribution is 0.0656. The molecule has 0 aliphatic carbocycles. The van der Waals surface area contributed by atoms with Gasteiger partial charge in [0.1, 0.15) is 11.4 Å². The fraction of sp³-hybridized carbons (Fsp3) is 0. The number of aromatic nitrogens is 2. The zero-order valence-electron chi connectivity index (χ0n) is 8.86. The molecule has 0 radical (unpaired) electrons. The summed E-state index contributed by atoms with van der Waals surface area (Å²) in [6.07, 6.45) is 1.48. The van der Waals surface area contributed by atoms with Crippen molar-refractivity contribution >= 4 is 39.3 Å². The van der Waals surface area contributed by atoms with Crippen molar-refractivity contribution < 1.29 is 14.3 Å². The minimum Gasteiger partial charge on any atom is -0.475 e. The van der Waals surface area contributed by atoms with Gasteiger partial charge in [0.15, 0.2) is 5.09 Å². The molecule has 0 saturated heterocycles. The summed E-state index contributed by atoms with van der Waals surface area (Å²) < 4.78 is 6.15. The third-order valence-corrected chi connectivity index (χ3v) is 4.16. The lowest BCUT2D eigenvalue weighted by Crippen LogP contribution is -1.91. The van der Waals surface area contributed by atoms with E-state index in [1.54, 1.807) is 17.4 Å². The van der Waals surface area contributed by atoms with E-state index in [0.29, 0.717) is 5.09 Å². The van der Waals surface area contributed by atoms with E-state index >= 15 is 0 Å². The van der Waals surface area contributed by atoms with Gasteiger partial charge in [-0.05, 0) is 35.3 Å². The normalized spacial score (nSPS) is 10.9. The van der Waals surface area contributed by atoms with Crippen LogP contribution in [-0.2, 0) is 0 Å². The van der Waals surface area contributed by atoms with Gasteiger partial charge in [0, 0.05) is 0 Å². The van der Waals surface area contributed by atoms with Crippen molar-refractivity contribution in [3.8, 4) is 0 Å². The quantitative estimate of drug-likeness (QED) is 0.742. The molecule has 0 spiro atoms. The summed E-state index contributed by atoms with van der Waals surface area (Å²) in [4.78, 5) is 19.0. The SMILES string of the molecule is O=C(O)c1ccc(Sc2ncnc3ccsc23)o1. The molecular weight excluding hydrogens is 272 g/mol. The van der Waals surface area contributed by atoms with Gasteiger partial charge >= 0.3 is 5.97 Å². The maximum atomic E-state index is 10.7. The van der Waals surface area contributed by atoms with Crippen LogP contribution in [0.1, 0.15) is 10.6 Å².